The zero-order chi connectivity index (χ0) is 38.3. The van der Waals surface area contributed by atoms with Gasteiger partial charge in [-0.3, -0.25) is 14.9 Å². The second-order valence-corrected chi connectivity index (χ2v) is 15.5. The zero-order valence-electron chi connectivity index (χ0n) is 30.7. The van der Waals surface area contributed by atoms with Gasteiger partial charge in [-0.1, -0.05) is 103 Å². The van der Waals surface area contributed by atoms with Gasteiger partial charge in [0.05, 0.1) is 16.4 Å². The van der Waals surface area contributed by atoms with Crippen LogP contribution >= 0.6 is 22.6 Å². The molecule has 0 aromatic heterocycles. The van der Waals surface area contributed by atoms with Crippen molar-refractivity contribution in [1.82, 2.24) is 5.32 Å². The molecule has 6 aromatic rings. The Morgan fingerprint density at radius 2 is 1.39 bits per heavy atom. The van der Waals surface area contributed by atoms with Crippen LogP contribution in [0.15, 0.2) is 133 Å². The molecule has 3 aliphatic heterocycles. The molecule has 8 nitrogen and oxygen atoms in total. The van der Waals surface area contributed by atoms with Gasteiger partial charge in [-0.2, -0.15) is 0 Å². The summed E-state index contributed by atoms with van der Waals surface area (Å²) in [5.41, 5.74) is 7.59. The lowest BCUT2D eigenvalue weighted by Crippen LogP contribution is -2.54. The predicted molar refractivity (Wildman–Crippen MR) is 227 cm³/mol. The van der Waals surface area contributed by atoms with Crippen molar-refractivity contribution in [2.24, 2.45) is 0 Å². The number of benzene rings is 6. The van der Waals surface area contributed by atoms with E-state index in [2.05, 4.69) is 99.5 Å². The summed E-state index contributed by atoms with van der Waals surface area (Å²) >= 11 is 2.18. The molecule has 9 heteroatoms. The third kappa shape index (κ3) is 6.49. The lowest BCUT2D eigenvalue weighted by atomic mass is 9.76. The Hall–Kier alpha value is -5.94. The number of anilines is 2. The maximum Gasteiger partial charge on any atom is 0.335 e. The van der Waals surface area contributed by atoms with Gasteiger partial charge in [-0.05, 0) is 110 Å². The van der Waals surface area contributed by atoms with Crippen molar-refractivity contribution in [3.63, 3.8) is 0 Å². The number of nitrogens with one attached hydrogen (secondary N) is 1. The van der Waals surface area contributed by atoms with Gasteiger partial charge in [0.2, 0.25) is 0 Å². The molecule has 1 saturated heterocycles. The number of imide groups is 2. The van der Waals surface area contributed by atoms with Gasteiger partial charge in [0.1, 0.15) is 12.2 Å². The van der Waals surface area contributed by atoms with E-state index in [9.17, 15) is 14.4 Å². The molecule has 1 fully saturated rings. The normalized spacial score (nSPS) is 18.5. The molecule has 3 heterocycles. The Bertz CT molecular complexity index is 2480. The average Bonchev–Trinajstić information content (AvgIpc) is 3.22. The van der Waals surface area contributed by atoms with Gasteiger partial charge in [0, 0.05) is 30.6 Å². The summed E-state index contributed by atoms with van der Waals surface area (Å²) in [5, 5.41) is 4.69. The first kappa shape index (κ1) is 35.7. The molecule has 9 rings (SSSR count). The number of fused-ring (bicyclic) bond motifs is 1. The molecule has 56 heavy (non-hydrogen) atoms. The molecule has 0 unspecified atom stereocenters. The van der Waals surface area contributed by atoms with Crippen LogP contribution < -0.4 is 24.6 Å². The first-order valence-corrected chi connectivity index (χ1v) is 19.9. The smallest absolute Gasteiger partial charge is 0.335 e. The summed E-state index contributed by atoms with van der Waals surface area (Å²) in [4.78, 5) is 45.2. The fourth-order valence-electron chi connectivity index (χ4n) is 8.56. The fourth-order valence-corrected chi connectivity index (χ4v) is 9.34. The van der Waals surface area contributed by atoms with Crippen LogP contribution in [0.2, 0.25) is 0 Å². The van der Waals surface area contributed by atoms with Crippen LogP contribution in [0.1, 0.15) is 58.1 Å². The van der Waals surface area contributed by atoms with E-state index in [-0.39, 0.29) is 17.4 Å². The first-order valence-electron chi connectivity index (χ1n) is 18.8. The Labute approximate surface area is 338 Å². The van der Waals surface area contributed by atoms with E-state index in [1.54, 1.807) is 13.2 Å². The van der Waals surface area contributed by atoms with Crippen LogP contribution in [0, 0.1) is 3.57 Å². The molecule has 0 saturated carbocycles. The van der Waals surface area contributed by atoms with Crippen LogP contribution in [0.4, 0.5) is 16.2 Å². The van der Waals surface area contributed by atoms with E-state index in [1.807, 2.05) is 54.6 Å². The Balaban J connectivity index is 1.09. The molecule has 3 aliphatic rings. The Morgan fingerprint density at radius 1 is 0.768 bits per heavy atom. The topological polar surface area (TPSA) is 88.2 Å². The SMILES string of the molecule is COc1cc(/C=C2\C(=O)NC(=O)N(c3cc4c5c(c3)[C@@H](c3ccccc3)CCN5CC[C@@H]4c3ccccc3)C2=O)cc(I)c1OCc1cccc2ccccc12. The van der Waals surface area contributed by atoms with Crippen molar-refractivity contribution in [2.75, 3.05) is 30.0 Å². The van der Waals surface area contributed by atoms with E-state index in [1.165, 1.54) is 22.9 Å². The van der Waals surface area contributed by atoms with Gasteiger partial charge in [-0.15, -0.1) is 0 Å². The van der Waals surface area contributed by atoms with Gasteiger partial charge < -0.3 is 14.4 Å². The summed E-state index contributed by atoms with van der Waals surface area (Å²) < 4.78 is 12.8. The third-order valence-corrected chi connectivity index (χ3v) is 12.0. The molecule has 0 bridgehead atoms. The van der Waals surface area contributed by atoms with E-state index in [0.29, 0.717) is 29.4 Å². The number of methoxy groups -OCH3 is 1. The Kier molecular flexibility index (Phi) is 9.54. The van der Waals surface area contributed by atoms with Gasteiger partial charge >= 0.3 is 6.03 Å². The first-order chi connectivity index (χ1) is 27.4. The largest absolute Gasteiger partial charge is 0.493 e. The third-order valence-electron chi connectivity index (χ3n) is 11.2. The highest BCUT2D eigenvalue weighted by Gasteiger charge is 2.40. The fraction of sp³-hybridized carbons (Fsp3) is 0.170. The van der Waals surface area contributed by atoms with Crippen molar-refractivity contribution in [3.05, 3.63) is 170 Å². The lowest BCUT2D eigenvalue weighted by molar-refractivity contribution is -0.122. The monoisotopic (exact) mass is 851 g/mol. The van der Waals surface area contributed by atoms with Crippen LogP contribution in [0.3, 0.4) is 0 Å². The quantitative estimate of drug-likeness (QED) is 0.0933. The number of amides is 4. The van der Waals surface area contributed by atoms with Crippen LogP contribution in [-0.2, 0) is 16.2 Å². The van der Waals surface area contributed by atoms with E-state index in [0.717, 1.165) is 61.9 Å². The van der Waals surface area contributed by atoms with E-state index < -0.39 is 17.8 Å². The van der Waals surface area contributed by atoms with Gasteiger partial charge in [0.25, 0.3) is 11.8 Å². The van der Waals surface area contributed by atoms with E-state index >= 15 is 0 Å². The highest BCUT2D eigenvalue weighted by molar-refractivity contribution is 14.1. The second-order valence-electron chi connectivity index (χ2n) is 14.4. The molecule has 0 radical (unpaired) electrons. The summed E-state index contributed by atoms with van der Waals surface area (Å²) in [6.07, 6.45) is 3.32. The molecule has 4 amide bonds. The highest BCUT2D eigenvalue weighted by atomic mass is 127. The number of barbiturate groups is 1. The lowest BCUT2D eigenvalue weighted by Gasteiger charge is -2.44. The summed E-state index contributed by atoms with van der Waals surface area (Å²) in [6, 6.07) is 41.9. The molecule has 2 atom stereocenters. The number of urea groups is 1. The van der Waals surface area contributed by atoms with Gasteiger partial charge in [0.15, 0.2) is 11.5 Å². The number of hydrogen-bond donors (Lipinski definition) is 1. The van der Waals surface area contributed by atoms with Crippen LogP contribution in [0.5, 0.6) is 11.5 Å². The Morgan fingerprint density at radius 3 is 2.05 bits per heavy atom. The molecule has 0 spiro atoms. The van der Waals surface area contributed by atoms with Crippen molar-refractivity contribution < 1.29 is 23.9 Å². The van der Waals surface area contributed by atoms with Crippen molar-refractivity contribution in [3.8, 4) is 11.5 Å². The van der Waals surface area contributed by atoms with Crippen molar-refractivity contribution >= 4 is 68.7 Å². The zero-order valence-corrected chi connectivity index (χ0v) is 32.9. The standard InChI is InChI=1S/C47H38IN3O5/c1-55-42-25-29(24-41(48)44(42)56-28-33-17-10-16-30-15-8-9-18-35(30)33)23-40-45(52)49-47(54)51(46(40)53)34-26-38-36(31-11-4-2-5-12-31)19-21-50-22-20-37(39(27-34)43(38)50)32-13-6-3-7-14-32/h2-18,23-27,36-37H,19-22,28H2,1H3,(H,49,52,54)/b40-23+/t36-,37-/m1/s1. The summed E-state index contributed by atoms with van der Waals surface area (Å²) in [7, 11) is 1.56. The highest BCUT2D eigenvalue weighted by Crippen LogP contribution is 2.50. The number of rotatable bonds is 8. The number of hydrogen-bond acceptors (Lipinski definition) is 6. The number of halogens is 1. The molecule has 6 aromatic carbocycles. The van der Waals surface area contributed by atoms with E-state index in [4.69, 9.17) is 9.47 Å². The molecule has 0 aliphatic carbocycles. The number of carbonyl (C=O) groups is 3. The van der Waals surface area contributed by atoms with Gasteiger partial charge in [-0.25, -0.2) is 9.69 Å². The average molecular weight is 852 g/mol. The van der Waals surface area contributed by atoms with Crippen LogP contribution in [0.25, 0.3) is 16.8 Å². The van der Waals surface area contributed by atoms with Crippen LogP contribution in [-0.4, -0.2) is 38.0 Å². The maximum atomic E-state index is 14.5. The second kappa shape index (κ2) is 15.0. The summed E-state index contributed by atoms with van der Waals surface area (Å²) in [5.74, 6) is -0.281. The maximum absolute atomic E-state index is 14.5. The minimum absolute atomic E-state index is 0.0751. The number of carbonyl (C=O) groups excluding carboxylic acids is 3. The predicted octanol–water partition coefficient (Wildman–Crippen LogP) is 9.58. The summed E-state index contributed by atoms with van der Waals surface area (Å²) in [6.45, 7) is 2.16. The van der Waals surface area contributed by atoms with Crippen molar-refractivity contribution in [2.45, 2.75) is 31.3 Å². The molecule has 278 valence electrons. The minimum atomic E-state index is -0.773. The number of nitrogens with zero attached hydrogens (tertiary/aromatic N) is 2. The molecular formula is C47H38IN3O5. The molecule has 1 N–H and O–H groups in total. The molecular weight excluding hydrogens is 813 g/mol. The minimum Gasteiger partial charge on any atom is -0.493 e. The number of ether oxygens (including phenoxy) is 2. The van der Waals surface area contributed by atoms with Crippen molar-refractivity contribution in [1.29, 1.82) is 0 Å².